The largest absolute Gasteiger partial charge is 0.0726 e. The summed E-state index contributed by atoms with van der Waals surface area (Å²) < 4.78 is 0. The van der Waals surface area contributed by atoms with Gasteiger partial charge in [-0.05, 0) is 41.0 Å². The summed E-state index contributed by atoms with van der Waals surface area (Å²) in [6.07, 6.45) is 18.3. The molecule has 0 saturated heterocycles. The average Bonchev–Trinajstić information content (AvgIpc) is 2.86. The zero-order valence-corrected chi connectivity index (χ0v) is 11.3. The maximum atomic E-state index is 2.46. The molecule has 0 aromatic heterocycles. The molecule has 0 aliphatic heterocycles. The molecule has 3 aliphatic rings. The van der Waals surface area contributed by atoms with E-state index in [1.165, 1.54) is 48.8 Å². The van der Waals surface area contributed by atoms with E-state index in [4.69, 9.17) is 0 Å². The fourth-order valence-electron chi connectivity index (χ4n) is 3.85. The number of hydrogen-bond acceptors (Lipinski definition) is 0. The molecule has 0 spiro atoms. The molecule has 1 aromatic carbocycles. The maximum Gasteiger partial charge on any atom is 0.0278 e. The molecule has 3 aliphatic carbocycles. The lowest BCUT2D eigenvalue weighted by molar-refractivity contribution is 0.443. The second kappa shape index (κ2) is 4.52. The Morgan fingerprint density at radius 3 is 2.74 bits per heavy atom. The maximum absolute atomic E-state index is 2.46. The molecule has 96 valence electrons. The molecule has 1 unspecified atom stereocenters. The van der Waals surface area contributed by atoms with Crippen LogP contribution < -0.4 is 0 Å². The van der Waals surface area contributed by atoms with Gasteiger partial charge >= 0.3 is 0 Å². The highest BCUT2D eigenvalue weighted by atomic mass is 14.3. The van der Waals surface area contributed by atoms with Crippen LogP contribution in [0.2, 0.25) is 0 Å². The minimum absolute atomic E-state index is 0.514. The van der Waals surface area contributed by atoms with Gasteiger partial charge < -0.3 is 0 Å². The normalized spacial score (nSPS) is 25.1. The monoisotopic (exact) mass is 248 g/mol. The van der Waals surface area contributed by atoms with Gasteiger partial charge in [0, 0.05) is 5.92 Å². The zero-order valence-electron chi connectivity index (χ0n) is 11.3. The molecule has 0 heterocycles. The van der Waals surface area contributed by atoms with E-state index in [9.17, 15) is 0 Å². The molecule has 0 amide bonds. The van der Waals surface area contributed by atoms with Gasteiger partial charge in [-0.15, -0.1) is 0 Å². The minimum Gasteiger partial charge on any atom is -0.0726 e. The summed E-state index contributed by atoms with van der Waals surface area (Å²) in [6, 6.07) is 7.22. The molecule has 0 N–H and O–H groups in total. The van der Waals surface area contributed by atoms with Crippen molar-refractivity contribution in [2.24, 2.45) is 0 Å². The smallest absolute Gasteiger partial charge is 0.0278 e. The number of rotatable bonds is 1. The third-order valence-electron chi connectivity index (χ3n) is 4.91. The van der Waals surface area contributed by atoms with Gasteiger partial charge in [-0.2, -0.15) is 0 Å². The zero-order chi connectivity index (χ0) is 12.7. The van der Waals surface area contributed by atoms with E-state index in [0.29, 0.717) is 5.92 Å². The van der Waals surface area contributed by atoms with Gasteiger partial charge in [0.15, 0.2) is 0 Å². The molecule has 19 heavy (non-hydrogen) atoms. The Balaban J connectivity index is 1.69. The van der Waals surface area contributed by atoms with E-state index < -0.39 is 0 Å². The van der Waals surface area contributed by atoms with Crippen molar-refractivity contribution in [3.8, 4) is 0 Å². The van der Waals surface area contributed by atoms with Gasteiger partial charge in [0.25, 0.3) is 0 Å². The molecule has 1 fully saturated rings. The van der Waals surface area contributed by atoms with Crippen LogP contribution in [0.25, 0.3) is 6.08 Å². The fourth-order valence-corrected chi connectivity index (χ4v) is 3.85. The SMILES string of the molecule is C1=CC2=Cc3cc(C4CCCCC4)ccc3C2C=C1. The first-order valence-electron chi connectivity index (χ1n) is 7.62. The summed E-state index contributed by atoms with van der Waals surface area (Å²) >= 11 is 0. The first kappa shape index (κ1) is 11.3. The van der Waals surface area contributed by atoms with Crippen LogP contribution in [-0.4, -0.2) is 0 Å². The second-order valence-electron chi connectivity index (χ2n) is 6.09. The summed E-state index contributed by atoms with van der Waals surface area (Å²) in [5.74, 6) is 1.33. The molecule has 1 saturated carbocycles. The minimum atomic E-state index is 0.514. The van der Waals surface area contributed by atoms with Crippen molar-refractivity contribution < 1.29 is 0 Å². The summed E-state index contributed by atoms with van der Waals surface area (Å²) in [4.78, 5) is 0. The van der Waals surface area contributed by atoms with E-state index in [-0.39, 0.29) is 0 Å². The summed E-state index contributed by atoms with van der Waals surface area (Å²) in [5, 5.41) is 0. The van der Waals surface area contributed by atoms with E-state index in [1.807, 2.05) is 0 Å². The predicted molar refractivity (Wildman–Crippen MR) is 81.3 cm³/mol. The van der Waals surface area contributed by atoms with Crippen LogP contribution >= 0.6 is 0 Å². The molecule has 1 atom stereocenters. The number of allylic oxidation sites excluding steroid dienone is 5. The predicted octanol–water partition coefficient (Wildman–Crippen LogP) is 5.34. The Bertz CT molecular complexity index is 580. The van der Waals surface area contributed by atoms with E-state index in [0.717, 1.165) is 5.92 Å². The lowest BCUT2D eigenvalue weighted by Gasteiger charge is -2.22. The first-order valence-corrected chi connectivity index (χ1v) is 7.62. The quantitative estimate of drug-likeness (QED) is 0.629. The highest BCUT2D eigenvalue weighted by molar-refractivity contribution is 5.72. The van der Waals surface area contributed by atoms with Crippen LogP contribution in [0.3, 0.4) is 0 Å². The van der Waals surface area contributed by atoms with Crippen molar-refractivity contribution in [2.45, 2.75) is 43.9 Å². The van der Waals surface area contributed by atoms with Crippen molar-refractivity contribution in [3.63, 3.8) is 0 Å². The summed E-state index contributed by atoms with van der Waals surface area (Å²) in [6.45, 7) is 0. The van der Waals surface area contributed by atoms with Gasteiger partial charge in [0.2, 0.25) is 0 Å². The number of hydrogen-bond donors (Lipinski definition) is 0. The molecular formula is C19H20. The van der Waals surface area contributed by atoms with Crippen molar-refractivity contribution in [1.29, 1.82) is 0 Å². The standard InChI is InChI=1S/C19H20/c1-2-6-14(7-3-1)15-10-11-19-17(12-15)13-16-8-4-5-9-18(16)19/h4-5,8-14,18H,1-3,6-7H2. The Morgan fingerprint density at radius 1 is 0.947 bits per heavy atom. The molecule has 0 radical (unpaired) electrons. The Hall–Kier alpha value is -1.56. The lowest BCUT2D eigenvalue weighted by atomic mass is 9.82. The average molecular weight is 248 g/mol. The van der Waals surface area contributed by atoms with Gasteiger partial charge in [0.1, 0.15) is 0 Å². The van der Waals surface area contributed by atoms with E-state index in [2.05, 4.69) is 48.6 Å². The number of benzene rings is 1. The van der Waals surface area contributed by atoms with Crippen LogP contribution in [0, 0.1) is 0 Å². The molecule has 4 rings (SSSR count). The van der Waals surface area contributed by atoms with Crippen LogP contribution in [0.1, 0.15) is 60.6 Å². The van der Waals surface area contributed by atoms with Crippen molar-refractivity contribution in [1.82, 2.24) is 0 Å². The van der Waals surface area contributed by atoms with Crippen LogP contribution in [-0.2, 0) is 0 Å². The van der Waals surface area contributed by atoms with E-state index in [1.54, 1.807) is 5.56 Å². The third-order valence-corrected chi connectivity index (χ3v) is 4.91. The van der Waals surface area contributed by atoms with Crippen molar-refractivity contribution in [3.05, 3.63) is 64.8 Å². The second-order valence-corrected chi connectivity index (χ2v) is 6.09. The number of fused-ring (bicyclic) bond motifs is 3. The molecule has 0 bridgehead atoms. The summed E-state index contributed by atoms with van der Waals surface area (Å²) in [5.41, 5.74) is 5.98. The Morgan fingerprint density at radius 2 is 1.84 bits per heavy atom. The molecule has 1 aromatic rings. The third kappa shape index (κ3) is 1.90. The van der Waals surface area contributed by atoms with Crippen LogP contribution in [0.5, 0.6) is 0 Å². The highest BCUT2D eigenvalue weighted by Gasteiger charge is 2.24. The summed E-state index contributed by atoms with van der Waals surface area (Å²) in [7, 11) is 0. The highest BCUT2D eigenvalue weighted by Crippen LogP contribution is 2.42. The lowest BCUT2D eigenvalue weighted by Crippen LogP contribution is -2.05. The molecular weight excluding hydrogens is 228 g/mol. The van der Waals surface area contributed by atoms with Crippen molar-refractivity contribution >= 4 is 6.08 Å². The fraction of sp³-hybridized carbons (Fsp3) is 0.368. The first-order chi connectivity index (χ1) is 9.42. The Labute approximate surface area is 115 Å². The molecule has 0 nitrogen and oxygen atoms in total. The van der Waals surface area contributed by atoms with Crippen LogP contribution in [0.15, 0.2) is 48.1 Å². The van der Waals surface area contributed by atoms with E-state index >= 15 is 0 Å². The van der Waals surface area contributed by atoms with Gasteiger partial charge in [0.05, 0.1) is 0 Å². The van der Waals surface area contributed by atoms with Crippen molar-refractivity contribution in [2.75, 3.05) is 0 Å². The van der Waals surface area contributed by atoms with Gasteiger partial charge in [-0.25, -0.2) is 0 Å². The van der Waals surface area contributed by atoms with Crippen LogP contribution in [0.4, 0.5) is 0 Å². The van der Waals surface area contributed by atoms with Gasteiger partial charge in [-0.3, -0.25) is 0 Å². The molecule has 0 heteroatoms. The topological polar surface area (TPSA) is 0 Å². The van der Waals surface area contributed by atoms with Gasteiger partial charge in [-0.1, -0.05) is 67.8 Å². The Kier molecular flexibility index (Phi) is 2.69.